The van der Waals surface area contributed by atoms with Crippen LogP contribution >= 0.6 is 0 Å². The minimum atomic E-state index is -3.60. The van der Waals surface area contributed by atoms with Gasteiger partial charge in [0.2, 0.25) is 0 Å². The van der Waals surface area contributed by atoms with Crippen molar-refractivity contribution in [1.82, 2.24) is 0 Å². The Morgan fingerprint density at radius 1 is 1.33 bits per heavy atom. The molecule has 0 aliphatic rings. The lowest BCUT2D eigenvalue weighted by Gasteiger charge is -2.04. The summed E-state index contributed by atoms with van der Waals surface area (Å²) in [7, 11) is -3.60. The Labute approximate surface area is 90.5 Å². The van der Waals surface area contributed by atoms with Gasteiger partial charge >= 0.3 is 0 Å². The van der Waals surface area contributed by atoms with Crippen molar-refractivity contribution in [2.45, 2.75) is 18.2 Å². The molecule has 0 aliphatic heterocycles. The van der Waals surface area contributed by atoms with Gasteiger partial charge in [-0.25, -0.2) is 0 Å². The van der Waals surface area contributed by atoms with E-state index in [2.05, 4.69) is 6.58 Å². The third-order valence-corrected chi connectivity index (χ3v) is 3.20. The smallest absolute Gasteiger partial charge is 0.266 e. The third kappa shape index (κ3) is 3.49. The molecule has 82 valence electrons. The molecule has 0 amide bonds. The standard InChI is InChI=1S/C11H14O3S/c1-3-4-9-14-15(12,13)11-7-5-10(2)6-8-11/h3,5-8H,1,4,9H2,2H3. The number of hydrogen-bond donors (Lipinski definition) is 0. The van der Waals surface area contributed by atoms with Gasteiger partial charge in [-0.2, -0.15) is 8.42 Å². The minimum absolute atomic E-state index is 0.139. The van der Waals surface area contributed by atoms with Crippen LogP contribution in [-0.2, 0) is 14.3 Å². The maximum Gasteiger partial charge on any atom is 0.296 e. The summed E-state index contributed by atoms with van der Waals surface area (Å²) in [4.78, 5) is 0.192. The van der Waals surface area contributed by atoms with Crippen molar-refractivity contribution in [2.24, 2.45) is 0 Å². The topological polar surface area (TPSA) is 43.4 Å². The highest BCUT2D eigenvalue weighted by Gasteiger charge is 2.13. The summed E-state index contributed by atoms with van der Waals surface area (Å²) in [6.07, 6.45) is 2.13. The number of rotatable bonds is 5. The molecule has 1 rings (SSSR count). The van der Waals surface area contributed by atoms with Gasteiger partial charge in [0.15, 0.2) is 0 Å². The fraction of sp³-hybridized carbons (Fsp3) is 0.273. The van der Waals surface area contributed by atoms with Gasteiger partial charge in [0.1, 0.15) is 0 Å². The molecule has 0 saturated carbocycles. The van der Waals surface area contributed by atoms with E-state index in [0.29, 0.717) is 6.42 Å². The molecule has 0 N–H and O–H groups in total. The molecule has 0 spiro atoms. The van der Waals surface area contributed by atoms with E-state index >= 15 is 0 Å². The number of benzene rings is 1. The van der Waals surface area contributed by atoms with E-state index in [4.69, 9.17) is 4.18 Å². The van der Waals surface area contributed by atoms with Crippen LogP contribution in [0.15, 0.2) is 41.8 Å². The largest absolute Gasteiger partial charge is 0.296 e. The minimum Gasteiger partial charge on any atom is -0.266 e. The van der Waals surface area contributed by atoms with Gasteiger partial charge in [0.25, 0.3) is 10.1 Å². The van der Waals surface area contributed by atoms with Crippen LogP contribution in [0.5, 0.6) is 0 Å². The summed E-state index contributed by atoms with van der Waals surface area (Å²) in [5.74, 6) is 0. The predicted octanol–water partition coefficient (Wildman–Crippen LogP) is 2.28. The Morgan fingerprint density at radius 3 is 2.47 bits per heavy atom. The predicted molar refractivity (Wildman–Crippen MR) is 59.1 cm³/mol. The average molecular weight is 226 g/mol. The molecule has 15 heavy (non-hydrogen) atoms. The molecule has 4 heteroatoms. The first-order chi connectivity index (χ1) is 7.06. The average Bonchev–Trinajstić information content (AvgIpc) is 2.18. The lowest BCUT2D eigenvalue weighted by Crippen LogP contribution is -2.07. The molecule has 1 aromatic carbocycles. The van der Waals surface area contributed by atoms with E-state index in [1.165, 1.54) is 0 Å². The van der Waals surface area contributed by atoms with Crippen LogP contribution < -0.4 is 0 Å². The van der Waals surface area contributed by atoms with Gasteiger partial charge in [0, 0.05) is 0 Å². The maximum atomic E-state index is 11.6. The molecule has 3 nitrogen and oxygen atoms in total. The van der Waals surface area contributed by atoms with Crippen LogP contribution in [0.25, 0.3) is 0 Å². The van der Waals surface area contributed by atoms with Gasteiger partial charge in [-0.15, -0.1) is 6.58 Å². The zero-order chi connectivity index (χ0) is 11.3. The van der Waals surface area contributed by atoms with Crippen molar-refractivity contribution in [3.05, 3.63) is 42.5 Å². The van der Waals surface area contributed by atoms with E-state index in [0.717, 1.165) is 5.56 Å². The second-order valence-corrected chi connectivity index (χ2v) is 4.78. The molecule has 0 aliphatic carbocycles. The summed E-state index contributed by atoms with van der Waals surface area (Å²) in [6.45, 7) is 5.53. The molecule has 1 aromatic rings. The van der Waals surface area contributed by atoms with E-state index in [9.17, 15) is 8.42 Å². The van der Waals surface area contributed by atoms with Crippen LogP contribution in [-0.4, -0.2) is 15.0 Å². The summed E-state index contributed by atoms with van der Waals surface area (Å²) < 4.78 is 27.9. The molecular formula is C11H14O3S. The highest BCUT2D eigenvalue weighted by Crippen LogP contribution is 2.13. The van der Waals surface area contributed by atoms with Gasteiger partial charge in [0.05, 0.1) is 11.5 Å². The molecule has 0 fully saturated rings. The number of aryl methyl sites for hydroxylation is 1. The highest BCUT2D eigenvalue weighted by atomic mass is 32.2. The maximum absolute atomic E-state index is 11.6. The molecular weight excluding hydrogens is 212 g/mol. The van der Waals surface area contributed by atoms with Crippen LogP contribution in [0.4, 0.5) is 0 Å². The van der Waals surface area contributed by atoms with Crippen LogP contribution in [0.2, 0.25) is 0 Å². The molecule has 0 unspecified atom stereocenters. The van der Waals surface area contributed by atoms with Gasteiger partial charge in [-0.05, 0) is 25.5 Å². The summed E-state index contributed by atoms with van der Waals surface area (Å²) in [6, 6.07) is 6.56. The lowest BCUT2D eigenvalue weighted by atomic mass is 10.2. The fourth-order valence-electron chi connectivity index (χ4n) is 1.01. The highest BCUT2D eigenvalue weighted by molar-refractivity contribution is 7.86. The van der Waals surface area contributed by atoms with Gasteiger partial charge in [-0.3, -0.25) is 4.18 Å². The summed E-state index contributed by atoms with van der Waals surface area (Å²) in [5, 5.41) is 0. The Hall–Kier alpha value is -1.13. The van der Waals surface area contributed by atoms with Crippen molar-refractivity contribution in [3.8, 4) is 0 Å². The summed E-state index contributed by atoms with van der Waals surface area (Å²) in [5.41, 5.74) is 1.01. The molecule has 0 aromatic heterocycles. The van der Waals surface area contributed by atoms with Crippen LogP contribution in [0, 0.1) is 6.92 Å². The van der Waals surface area contributed by atoms with Crippen molar-refractivity contribution >= 4 is 10.1 Å². The van der Waals surface area contributed by atoms with Gasteiger partial charge < -0.3 is 0 Å². The first kappa shape index (κ1) is 11.9. The normalized spacial score (nSPS) is 11.3. The Bertz CT molecular complexity index is 418. The fourth-order valence-corrected chi connectivity index (χ4v) is 1.94. The lowest BCUT2D eigenvalue weighted by molar-refractivity contribution is 0.325. The zero-order valence-corrected chi connectivity index (χ0v) is 9.46. The first-order valence-electron chi connectivity index (χ1n) is 4.63. The quantitative estimate of drug-likeness (QED) is 0.439. The molecule has 0 heterocycles. The van der Waals surface area contributed by atoms with Gasteiger partial charge in [-0.1, -0.05) is 23.8 Å². The Kier molecular flexibility index (Phi) is 4.05. The second kappa shape index (κ2) is 5.09. The monoisotopic (exact) mass is 226 g/mol. The zero-order valence-electron chi connectivity index (χ0n) is 8.64. The van der Waals surface area contributed by atoms with E-state index < -0.39 is 10.1 Å². The molecule has 0 radical (unpaired) electrons. The van der Waals surface area contributed by atoms with E-state index in [-0.39, 0.29) is 11.5 Å². The van der Waals surface area contributed by atoms with Crippen LogP contribution in [0.3, 0.4) is 0 Å². The van der Waals surface area contributed by atoms with Crippen molar-refractivity contribution < 1.29 is 12.6 Å². The Morgan fingerprint density at radius 2 is 1.93 bits per heavy atom. The van der Waals surface area contributed by atoms with Crippen molar-refractivity contribution in [3.63, 3.8) is 0 Å². The van der Waals surface area contributed by atoms with Crippen molar-refractivity contribution in [1.29, 1.82) is 0 Å². The van der Waals surface area contributed by atoms with E-state index in [1.807, 2.05) is 6.92 Å². The first-order valence-corrected chi connectivity index (χ1v) is 6.04. The Balaban J connectivity index is 2.77. The third-order valence-electron chi connectivity index (χ3n) is 1.87. The van der Waals surface area contributed by atoms with Crippen molar-refractivity contribution in [2.75, 3.05) is 6.61 Å². The SMILES string of the molecule is C=CCCOS(=O)(=O)c1ccc(C)cc1. The molecule has 0 bridgehead atoms. The molecule has 0 atom stereocenters. The summed E-state index contributed by atoms with van der Waals surface area (Å²) >= 11 is 0. The number of hydrogen-bond acceptors (Lipinski definition) is 3. The molecule has 0 saturated heterocycles. The van der Waals surface area contributed by atoms with Crippen LogP contribution in [0.1, 0.15) is 12.0 Å². The second-order valence-electron chi connectivity index (χ2n) is 3.17. The van der Waals surface area contributed by atoms with E-state index in [1.54, 1.807) is 30.3 Å².